The summed E-state index contributed by atoms with van der Waals surface area (Å²) in [5.41, 5.74) is 7.56. The minimum Gasteiger partial charge on any atom is -0.379 e. The van der Waals surface area contributed by atoms with E-state index in [0.717, 1.165) is 5.56 Å². The minimum atomic E-state index is -0.834. The molecule has 0 radical (unpaired) electrons. The molecule has 1 atom stereocenters. The summed E-state index contributed by atoms with van der Waals surface area (Å²) in [6.45, 7) is 3.52. The second-order valence-corrected chi connectivity index (χ2v) is 5.11. The van der Waals surface area contributed by atoms with E-state index in [1.54, 1.807) is 11.9 Å². The summed E-state index contributed by atoms with van der Waals surface area (Å²) in [6, 6.07) is 8.16. The molecule has 1 fully saturated rings. The predicted octanol–water partition coefficient (Wildman–Crippen LogP) is 1.07. The topological polar surface area (TPSA) is 55.6 Å². The highest BCUT2D eigenvalue weighted by molar-refractivity contribution is 5.86. The lowest BCUT2D eigenvalue weighted by Crippen LogP contribution is -2.54. The Morgan fingerprint density at radius 2 is 2.11 bits per heavy atom. The van der Waals surface area contributed by atoms with Crippen LogP contribution >= 0.6 is 0 Å². The number of benzene rings is 1. The maximum Gasteiger partial charge on any atom is 0.245 e. The molecule has 4 nitrogen and oxygen atoms in total. The number of nitrogens with zero attached hydrogens (tertiary/aromatic N) is 1. The quantitative estimate of drug-likeness (QED) is 0.870. The van der Waals surface area contributed by atoms with Crippen molar-refractivity contribution in [1.29, 1.82) is 0 Å². The second kappa shape index (κ2) is 5.08. The van der Waals surface area contributed by atoms with Crippen molar-refractivity contribution in [1.82, 2.24) is 4.90 Å². The zero-order valence-corrected chi connectivity index (χ0v) is 11.0. The van der Waals surface area contributed by atoms with Gasteiger partial charge in [-0.15, -0.1) is 0 Å². The Hall–Kier alpha value is -1.39. The molecule has 0 aliphatic carbocycles. The number of likely N-dealkylation sites (N-methyl/N-ethyl adjacent to an activating group) is 1. The van der Waals surface area contributed by atoms with Crippen LogP contribution < -0.4 is 5.73 Å². The summed E-state index contributed by atoms with van der Waals surface area (Å²) < 4.78 is 5.22. The van der Waals surface area contributed by atoms with E-state index >= 15 is 0 Å². The first-order valence-corrected chi connectivity index (χ1v) is 6.19. The summed E-state index contributed by atoms with van der Waals surface area (Å²) in [6.07, 6.45) is 0.601. The van der Waals surface area contributed by atoms with E-state index < -0.39 is 5.54 Å². The Morgan fingerprint density at radius 3 is 2.67 bits per heavy atom. The fraction of sp³-hybridized carbons (Fsp3) is 0.500. The molecule has 0 aromatic heterocycles. The molecule has 1 saturated heterocycles. The molecular formula is C14H20N2O2. The molecule has 0 bridgehead atoms. The highest BCUT2D eigenvalue weighted by atomic mass is 16.5. The van der Waals surface area contributed by atoms with Gasteiger partial charge in [0.15, 0.2) is 0 Å². The molecule has 1 aromatic carbocycles. The van der Waals surface area contributed by atoms with Gasteiger partial charge in [0.1, 0.15) is 5.54 Å². The highest BCUT2D eigenvalue weighted by Crippen LogP contribution is 2.19. The van der Waals surface area contributed by atoms with Crippen molar-refractivity contribution < 1.29 is 9.53 Å². The number of ether oxygens (including phenoxy) is 1. The Morgan fingerprint density at radius 1 is 1.44 bits per heavy atom. The minimum absolute atomic E-state index is 0.0411. The third-order valence-electron chi connectivity index (χ3n) is 3.37. The van der Waals surface area contributed by atoms with Crippen LogP contribution in [0, 0.1) is 6.92 Å². The summed E-state index contributed by atoms with van der Waals surface area (Å²) in [5, 5.41) is 0. The number of carbonyl (C=O) groups excluding carboxylic acids is 1. The van der Waals surface area contributed by atoms with Gasteiger partial charge in [-0.2, -0.15) is 0 Å². The number of rotatable bonds is 3. The van der Waals surface area contributed by atoms with Crippen LogP contribution in [0.3, 0.4) is 0 Å². The van der Waals surface area contributed by atoms with E-state index in [-0.39, 0.29) is 5.91 Å². The molecule has 1 unspecified atom stereocenters. The second-order valence-electron chi connectivity index (χ2n) is 5.11. The lowest BCUT2D eigenvalue weighted by Gasteiger charge is -2.27. The van der Waals surface area contributed by atoms with Crippen molar-refractivity contribution in [3.8, 4) is 0 Å². The van der Waals surface area contributed by atoms with E-state index in [1.165, 1.54) is 5.56 Å². The Labute approximate surface area is 108 Å². The largest absolute Gasteiger partial charge is 0.379 e. The monoisotopic (exact) mass is 248 g/mol. The van der Waals surface area contributed by atoms with E-state index in [1.807, 2.05) is 31.2 Å². The summed E-state index contributed by atoms with van der Waals surface area (Å²) in [7, 11) is 1.79. The van der Waals surface area contributed by atoms with Crippen molar-refractivity contribution >= 4 is 5.91 Å². The van der Waals surface area contributed by atoms with Gasteiger partial charge in [-0.25, -0.2) is 0 Å². The van der Waals surface area contributed by atoms with Crippen molar-refractivity contribution in [2.45, 2.75) is 25.4 Å². The van der Waals surface area contributed by atoms with E-state index in [2.05, 4.69) is 0 Å². The zero-order chi connectivity index (χ0) is 13.2. The Bertz CT molecular complexity index is 422. The van der Waals surface area contributed by atoms with Crippen molar-refractivity contribution in [2.75, 3.05) is 20.3 Å². The molecule has 2 rings (SSSR count). The molecule has 1 aromatic rings. The number of nitrogens with two attached hydrogens (primary N) is 1. The maximum atomic E-state index is 12.3. The highest BCUT2D eigenvalue weighted by Gasteiger charge is 2.40. The first-order chi connectivity index (χ1) is 8.51. The summed E-state index contributed by atoms with van der Waals surface area (Å²) >= 11 is 0. The van der Waals surface area contributed by atoms with Gasteiger partial charge in [0, 0.05) is 20.2 Å². The van der Waals surface area contributed by atoms with Crippen LogP contribution in [-0.4, -0.2) is 36.6 Å². The van der Waals surface area contributed by atoms with Crippen LogP contribution in [0.1, 0.15) is 17.5 Å². The molecule has 18 heavy (non-hydrogen) atoms. The van der Waals surface area contributed by atoms with Gasteiger partial charge in [0.25, 0.3) is 0 Å². The van der Waals surface area contributed by atoms with E-state index in [0.29, 0.717) is 26.2 Å². The molecule has 0 spiro atoms. The maximum absolute atomic E-state index is 12.3. The zero-order valence-electron chi connectivity index (χ0n) is 11.0. The average Bonchev–Trinajstić information content (AvgIpc) is 2.79. The van der Waals surface area contributed by atoms with Gasteiger partial charge < -0.3 is 15.4 Å². The van der Waals surface area contributed by atoms with Crippen LogP contribution in [0.4, 0.5) is 0 Å². The van der Waals surface area contributed by atoms with E-state index in [9.17, 15) is 4.79 Å². The van der Waals surface area contributed by atoms with Crippen LogP contribution in [0.25, 0.3) is 0 Å². The van der Waals surface area contributed by atoms with Crippen LogP contribution in [0.5, 0.6) is 0 Å². The molecule has 0 saturated carbocycles. The lowest BCUT2D eigenvalue weighted by molar-refractivity contribution is -0.136. The Balaban J connectivity index is 2.01. The average molecular weight is 248 g/mol. The van der Waals surface area contributed by atoms with Crippen LogP contribution in [0.2, 0.25) is 0 Å². The van der Waals surface area contributed by atoms with Gasteiger partial charge in [-0.3, -0.25) is 4.79 Å². The Kier molecular flexibility index (Phi) is 3.68. The fourth-order valence-corrected chi connectivity index (χ4v) is 2.17. The SMILES string of the molecule is Cc1ccc(CN(C)C(=O)C2(N)CCOC2)cc1. The number of hydrogen-bond acceptors (Lipinski definition) is 3. The van der Waals surface area contributed by atoms with Gasteiger partial charge in [0.05, 0.1) is 6.61 Å². The first kappa shape index (κ1) is 13.1. The van der Waals surface area contributed by atoms with Crippen molar-refractivity contribution in [3.05, 3.63) is 35.4 Å². The van der Waals surface area contributed by atoms with E-state index in [4.69, 9.17) is 10.5 Å². The number of carbonyl (C=O) groups is 1. The van der Waals surface area contributed by atoms with Crippen LogP contribution in [0.15, 0.2) is 24.3 Å². The lowest BCUT2D eigenvalue weighted by atomic mass is 9.98. The van der Waals surface area contributed by atoms with Gasteiger partial charge in [0.2, 0.25) is 5.91 Å². The summed E-state index contributed by atoms with van der Waals surface area (Å²) in [5.74, 6) is -0.0411. The molecule has 2 N–H and O–H groups in total. The standard InChI is InChI=1S/C14H20N2O2/c1-11-3-5-12(6-4-11)9-16(2)13(17)14(15)7-8-18-10-14/h3-6H,7-10,15H2,1-2H3. The molecule has 1 aliphatic rings. The predicted molar refractivity (Wildman–Crippen MR) is 70.0 cm³/mol. The van der Waals surface area contributed by atoms with Gasteiger partial charge >= 0.3 is 0 Å². The van der Waals surface area contributed by atoms with Gasteiger partial charge in [-0.05, 0) is 18.9 Å². The van der Waals surface area contributed by atoms with Gasteiger partial charge in [-0.1, -0.05) is 29.8 Å². The molecule has 1 aliphatic heterocycles. The normalized spacial score (nSPS) is 23.1. The number of hydrogen-bond donors (Lipinski definition) is 1. The smallest absolute Gasteiger partial charge is 0.245 e. The van der Waals surface area contributed by atoms with Crippen LogP contribution in [-0.2, 0) is 16.1 Å². The third kappa shape index (κ3) is 2.71. The molecular weight excluding hydrogens is 228 g/mol. The molecule has 1 heterocycles. The van der Waals surface area contributed by atoms with Crippen molar-refractivity contribution in [2.24, 2.45) is 5.73 Å². The molecule has 1 amide bonds. The van der Waals surface area contributed by atoms with Crippen molar-refractivity contribution in [3.63, 3.8) is 0 Å². The number of amides is 1. The third-order valence-corrected chi connectivity index (χ3v) is 3.37. The first-order valence-electron chi connectivity index (χ1n) is 6.19. The fourth-order valence-electron chi connectivity index (χ4n) is 2.17. The molecule has 98 valence electrons. The number of aryl methyl sites for hydroxylation is 1. The summed E-state index contributed by atoms with van der Waals surface area (Å²) in [4.78, 5) is 13.9. The molecule has 4 heteroatoms.